The lowest BCUT2D eigenvalue weighted by Crippen LogP contribution is -2.36. The van der Waals surface area contributed by atoms with Crippen molar-refractivity contribution in [1.29, 1.82) is 0 Å². The Labute approximate surface area is 191 Å². The van der Waals surface area contributed by atoms with Crippen LogP contribution in [0.2, 0.25) is 0 Å². The molecule has 1 heterocycles. The molecule has 0 unspecified atom stereocenters. The average Bonchev–Trinajstić information content (AvgIpc) is 3.28. The first kappa shape index (κ1) is 22.8. The molecule has 0 saturated heterocycles. The van der Waals surface area contributed by atoms with Gasteiger partial charge in [0, 0.05) is 37.7 Å². The summed E-state index contributed by atoms with van der Waals surface area (Å²) in [5, 5.41) is 4.31. The molecule has 0 aliphatic heterocycles. The van der Waals surface area contributed by atoms with E-state index in [1.807, 2.05) is 30.9 Å². The third-order valence-electron chi connectivity index (χ3n) is 5.38. The zero-order valence-electron chi connectivity index (χ0n) is 18.8. The van der Waals surface area contributed by atoms with Gasteiger partial charge in [-0.25, -0.2) is 4.98 Å². The highest BCUT2D eigenvalue weighted by atomic mass is 32.1. The third kappa shape index (κ3) is 6.31. The summed E-state index contributed by atoms with van der Waals surface area (Å²) in [6.45, 7) is 9.04. The molecule has 5 nitrogen and oxygen atoms in total. The minimum atomic E-state index is 0.418. The van der Waals surface area contributed by atoms with Gasteiger partial charge >= 0.3 is 0 Å². The zero-order valence-corrected chi connectivity index (χ0v) is 19.7. The molecule has 0 bridgehead atoms. The van der Waals surface area contributed by atoms with Gasteiger partial charge < -0.3 is 19.5 Å². The normalized spacial score (nSPS) is 10.9. The SMILES string of the molecule is COc1ccc(CN(CCCn2ccnc2)C(=S)Nc2c(C)cccc2C(C)C)cc1. The summed E-state index contributed by atoms with van der Waals surface area (Å²) in [4.78, 5) is 6.37. The van der Waals surface area contributed by atoms with Crippen LogP contribution < -0.4 is 10.1 Å². The van der Waals surface area contributed by atoms with E-state index >= 15 is 0 Å². The van der Waals surface area contributed by atoms with Crippen molar-refractivity contribution in [2.24, 2.45) is 0 Å². The highest BCUT2D eigenvalue weighted by Gasteiger charge is 2.15. The summed E-state index contributed by atoms with van der Waals surface area (Å²) in [6, 6.07) is 14.6. The van der Waals surface area contributed by atoms with Crippen LogP contribution in [-0.2, 0) is 13.1 Å². The van der Waals surface area contributed by atoms with E-state index in [2.05, 4.69) is 70.9 Å². The minimum absolute atomic E-state index is 0.418. The number of nitrogens with zero attached hydrogens (tertiary/aromatic N) is 3. The van der Waals surface area contributed by atoms with Crippen LogP contribution in [0.15, 0.2) is 61.2 Å². The second kappa shape index (κ2) is 11.0. The molecule has 0 amide bonds. The smallest absolute Gasteiger partial charge is 0.173 e. The highest BCUT2D eigenvalue weighted by molar-refractivity contribution is 7.80. The van der Waals surface area contributed by atoms with Crippen LogP contribution in [0.25, 0.3) is 0 Å². The molecule has 164 valence electrons. The van der Waals surface area contributed by atoms with Gasteiger partial charge in [-0.1, -0.05) is 44.2 Å². The predicted molar refractivity (Wildman–Crippen MR) is 132 cm³/mol. The topological polar surface area (TPSA) is 42.3 Å². The van der Waals surface area contributed by atoms with Crippen molar-refractivity contribution in [2.75, 3.05) is 19.0 Å². The molecular weight excluding hydrogens is 404 g/mol. The van der Waals surface area contributed by atoms with Crippen LogP contribution in [0.4, 0.5) is 5.69 Å². The fraction of sp³-hybridized carbons (Fsp3) is 0.360. The van der Waals surface area contributed by atoms with Crippen LogP contribution >= 0.6 is 12.2 Å². The molecule has 0 atom stereocenters. The molecule has 31 heavy (non-hydrogen) atoms. The number of thiocarbonyl (C=S) groups is 1. The number of aromatic nitrogens is 2. The van der Waals surface area contributed by atoms with Crippen LogP contribution in [0.3, 0.4) is 0 Å². The molecule has 1 aromatic heterocycles. The summed E-state index contributed by atoms with van der Waals surface area (Å²) in [5.41, 5.74) is 4.81. The van der Waals surface area contributed by atoms with Crippen molar-refractivity contribution in [3.8, 4) is 5.75 Å². The summed E-state index contributed by atoms with van der Waals surface area (Å²) < 4.78 is 7.39. The molecular formula is C25H32N4OS. The number of nitrogens with one attached hydrogen (secondary N) is 1. The van der Waals surface area contributed by atoms with E-state index in [0.717, 1.165) is 42.6 Å². The van der Waals surface area contributed by atoms with Gasteiger partial charge in [0.2, 0.25) is 0 Å². The number of benzene rings is 2. The van der Waals surface area contributed by atoms with E-state index in [1.165, 1.54) is 16.7 Å². The summed E-state index contributed by atoms with van der Waals surface area (Å²) in [5.74, 6) is 1.28. The van der Waals surface area contributed by atoms with Gasteiger partial charge in [0.05, 0.1) is 13.4 Å². The average molecular weight is 437 g/mol. The second-order valence-electron chi connectivity index (χ2n) is 8.05. The Kier molecular flexibility index (Phi) is 8.06. The van der Waals surface area contributed by atoms with Crippen molar-refractivity contribution in [3.05, 3.63) is 77.9 Å². The van der Waals surface area contributed by atoms with Crippen LogP contribution in [0, 0.1) is 6.92 Å². The maximum atomic E-state index is 5.90. The first-order valence-electron chi connectivity index (χ1n) is 10.7. The van der Waals surface area contributed by atoms with Gasteiger partial charge in [-0.2, -0.15) is 0 Å². The number of methoxy groups -OCH3 is 1. The molecule has 0 spiro atoms. The van der Waals surface area contributed by atoms with E-state index in [0.29, 0.717) is 5.92 Å². The number of aryl methyl sites for hydroxylation is 2. The van der Waals surface area contributed by atoms with Gasteiger partial charge in [0.1, 0.15) is 5.75 Å². The Morgan fingerprint density at radius 1 is 1.19 bits per heavy atom. The van der Waals surface area contributed by atoms with E-state index in [4.69, 9.17) is 17.0 Å². The molecule has 0 radical (unpaired) electrons. The zero-order chi connectivity index (χ0) is 22.2. The largest absolute Gasteiger partial charge is 0.497 e. The molecule has 2 aromatic carbocycles. The molecule has 1 N–H and O–H groups in total. The number of imidazole rings is 1. The van der Waals surface area contributed by atoms with E-state index < -0.39 is 0 Å². The fourth-order valence-corrected chi connectivity index (χ4v) is 3.85. The number of ether oxygens (including phenoxy) is 1. The molecule has 0 aliphatic rings. The van der Waals surface area contributed by atoms with Crippen LogP contribution in [-0.4, -0.2) is 33.2 Å². The second-order valence-corrected chi connectivity index (χ2v) is 8.43. The van der Waals surface area contributed by atoms with Gasteiger partial charge in [0.25, 0.3) is 0 Å². The van der Waals surface area contributed by atoms with Gasteiger partial charge in [-0.3, -0.25) is 0 Å². The van der Waals surface area contributed by atoms with Gasteiger partial charge in [0.15, 0.2) is 5.11 Å². The Balaban J connectivity index is 1.76. The lowest BCUT2D eigenvalue weighted by atomic mass is 9.98. The van der Waals surface area contributed by atoms with E-state index in [9.17, 15) is 0 Å². The lowest BCUT2D eigenvalue weighted by molar-refractivity contribution is 0.394. The Morgan fingerprint density at radius 3 is 2.61 bits per heavy atom. The Bertz CT molecular complexity index is 968. The lowest BCUT2D eigenvalue weighted by Gasteiger charge is -2.28. The standard InChI is InChI=1S/C25H32N4OS/c1-19(2)23-8-5-7-20(3)24(23)27-25(31)29(15-6-14-28-16-13-26-18-28)17-21-9-11-22(30-4)12-10-21/h5,7-13,16,18-19H,6,14-15,17H2,1-4H3,(H,27,31). The third-order valence-corrected chi connectivity index (χ3v) is 5.74. The monoisotopic (exact) mass is 436 g/mol. The van der Waals surface area contributed by atoms with Crippen molar-refractivity contribution < 1.29 is 4.74 Å². The summed E-state index contributed by atoms with van der Waals surface area (Å²) in [7, 11) is 1.69. The van der Waals surface area contributed by atoms with Crippen molar-refractivity contribution in [1.82, 2.24) is 14.5 Å². The number of hydrogen-bond donors (Lipinski definition) is 1. The van der Waals surface area contributed by atoms with Crippen LogP contribution in [0.1, 0.15) is 42.9 Å². The number of rotatable bonds is 9. The van der Waals surface area contributed by atoms with Gasteiger partial charge in [-0.05, 0) is 60.3 Å². The van der Waals surface area contributed by atoms with Crippen molar-refractivity contribution in [2.45, 2.75) is 46.2 Å². The molecule has 6 heteroatoms. The molecule has 3 rings (SSSR count). The molecule has 3 aromatic rings. The summed E-state index contributed by atoms with van der Waals surface area (Å²) >= 11 is 5.90. The number of anilines is 1. The maximum absolute atomic E-state index is 5.90. The quantitative estimate of drug-likeness (QED) is 0.442. The maximum Gasteiger partial charge on any atom is 0.173 e. The first-order valence-corrected chi connectivity index (χ1v) is 11.1. The van der Waals surface area contributed by atoms with Gasteiger partial charge in [-0.15, -0.1) is 0 Å². The number of para-hydroxylation sites is 1. The molecule has 0 saturated carbocycles. The summed E-state index contributed by atoms with van der Waals surface area (Å²) in [6.07, 6.45) is 6.63. The molecule has 0 aliphatic carbocycles. The van der Waals surface area contributed by atoms with E-state index in [1.54, 1.807) is 7.11 Å². The van der Waals surface area contributed by atoms with E-state index in [-0.39, 0.29) is 0 Å². The molecule has 0 fully saturated rings. The highest BCUT2D eigenvalue weighted by Crippen LogP contribution is 2.28. The van der Waals surface area contributed by atoms with Crippen molar-refractivity contribution in [3.63, 3.8) is 0 Å². The first-order chi connectivity index (χ1) is 15.0. The predicted octanol–water partition coefficient (Wildman–Crippen LogP) is 5.61. The minimum Gasteiger partial charge on any atom is -0.497 e. The number of hydrogen-bond acceptors (Lipinski definition) is 3. The Morgan fingerprint density at radius 2 is 1.97 bits per heavy atom. The van der Waals surface area contributed by atoms with Crippen molar-refractivity contribution >= 4 is 23.0 Å². The Hall–Kier alpha value is -2.86. The van der Waals surface area contributed by atoms with Crippen LogP contribution in [0.5, 0.6) is 5.75 Å². The fourth-order valence-electron chi connectivity index (χ4n) is 3.60.